The van der Waals surface area contributed by atoms with Gasteiger partial charge in [0.05, 0.1) is 6.54 Å². The topological polar surface area (TPSA) is 105 Å². The quantitative estimate of drug-likeness (QED) is 0.436. The van der Waals surface area contributed by atoms with Gasteiger partial charge in [-0.3, -0.25) is 9.36 Å². The summed E-state index contributed by atoms with van der Waals surface area (Å²) in [4.78, 5) is 21.7. The number of fused-ring (bicyclic) bond motifs is 1. The summed E-state index contributed by atoms with van der Waals surface area (Å²) >= 11 is 0. The lowest BCUT2D eigenvalue weighted by Crippen LogP contribution is -2.21. The number of benzene rings is 2. The minimum atomic E-state index is -0.310. The van der Waals surface area contributed by atoms with Crippen LogP contribution in [0.3, 0.4) is 0 Å². The fourth-order valence-electron chi connectivity index (χ4n) is 3.37. The van der Waals surface area contributed by atoms with Crippen molar-refractivity contribution in [1.29, 1.82) is 0 Å². The highest BCUT2D eigenvalue weighted by molar-refractivity contribution is 5.67. The smallest absolute Gasteiger partial charge is 0.283 e. The molecule has 31 heavy (non-hydrogen) atoms. The third-order valence-corrected chi connectivity index (χ3v) is 4.99. The monoisotopic (exact) mass is 413 g/mol. The number of nitrogens with zero attached hydrogens (tertiary/aromatic N) is 7. The van der Waals surface area contributed by atoms with Gasteiger partial charge in [-0.2, -0.15) is 4.98 Å². The van der Waals surface area contributed by atoms with Crippen molar-refractivity contribution in [3.05, 3.63) is 87.8 Å². The maximum Gasteiger partial charge on any atom is 0.283 e. The molecule has 5 aromatic rings. The van der Waals surface area contributed by atoms with E-state index < -0.39 is 0 Å². The van der Waals surface area contributed by atoms with Gasteiger partial charge >= 0.3 is 0 Å². The van der Waals surface area contributed by atoms with E-state index >= 15 is 0 Å². The van der Waals surface area contributed by atoms with Crippen LogP contribution in [-0.4, -0.2) is 34.7 Å². The first-order valence-corrected chi connectivity index (χ1v) is 9.80. The molecule has 0 bridgehead atoms. The number of aromatic nitrogens is 7. The minimum absolute atomic E-state index is 0.103. The van der Waals surface area contributed by atoms with Crippen LogP contribution < -0.4 is 5.56 Å². The van der Waals surface area contributed by atoms with Crippen LogP contribution in [0.5, 0.6) is 0 Å². The zero-order valence-corrected chi connectivity index (χ0v) is 17.1. The number of rotatable bonds is 5. The maximum absolute atomic E-state index is 12.9. The lowest BCUT2D eigenvalue weighted by molar-refractivity contribution is 0.369. The minimum Gasteiger partial charge on any atom is -0.337 e. The highest BCUT2D eigenvalue weighted by atomic mass is 16.5. The summed E-state index contributed by atoms with van der Waals surface area (Å²) in [7, 11) is 0. The summed E-state index contributed by atoms with van der Waals surface area (Å²) in [6.07, 6.45) is 1.45. The molecular formula is C22H19N7O2. The summed E-state index contributed by atoms with van der Waals surface area (Å²) in [6.45, 7) is 4.63. The van der Waals surface area contributed by atoms with Crippen LogP contribution in [0.1, 0.15) is 22.6 Å². The molecular weight excluding hydrogens is 394 g/mol. The Hall–Kier alpha value is -4.14. The van der Waals surface area contributed by atoms with Crippen molar-refractivity contribution >= 4 is 11.2 Å². The van der Waals surface area contributed by atoms with Crippen LogP contribution in [0.4, 0.5) is 0 Å². The van der Waals surface area contributed by atoms with Crippen LogP contribution in [-0.2, 0) is 13.1 Å². The van der Waals surface area contributed by atoms with Gasteiger partial charge in [-0.05, 0) is 19.4 Å². The Morgan fingerprint density at radius 2 is 1.84 bits per heavy atom. The van der Waals surface area contributed by atoms with Crippen LogP contribution in [0, 0.1) is 13.8 Å². The molecule has 0 spiro atoms. The van der Waals surface area contributed by atoms with Gasteiger partial charge in [0.25, 0.3) is 5.56 Å². The van der Waals surface area contributed by atoms with Gasteiger partial charge in [0, 0.05) is 5.56 Å². The standard InChI is InChI=1S/C22H19N7O2/c1-14-6-8-17(9-7-14)20-24-18(31-26-20)12-28-13-23-21-19(22(28)30)25-27-29(21)11-16-5-3-4-15(2)10-16/h3-10,13H,11-12H2,1-2H3. The third-order valence-electron chi connectivity index (χ3n) is 4.99. The van der Waals surface area contributed by atoms with Crippen molar-refractivity contribution in [2.45, 2.75) is 26.9 Å². The molecule has 9 nitrogen and oxygen atoms in total. The van der Waals surface area contributed by atoms with E-state index in [0.717, 1.165) is 22.3 Å². The Bertz CT molecular complexity index is 1430. The molecule has 0 fully saturated rings. The van der Waals surface area contributed by atoms with Crippen LogP contribution >= 0.6 is 0 Å². The molecule has 0 radical (unpaired) electrons. The fourth-order valence-corrected chi connectivity index (χ4v) is 3.37. The van der Waals surface area contributed by atoms with Gasteiger partial charge in [-0.15, -0.1) is 5.10 Å². The molecule has 0 saturated carbocycles. The average molecular weight is 413 g/mol. The maximum atomic E-state index is 12.9. The predicted molar refractivity (Wildman–Crippen MR) is 113 cm³/mol. The second kappa shape index (κ2) is 7.60. The second-order valence-corrected chi connectivity index (χ2v) is 7.46. The molecule has 154 valence electrons. The molecule has 0 N–H and O–H groups in total. The highest BCUT2D eigenvalue weighted by Gasteiger charge is 2.15. The van der Waals surface area contributed by atoms with E-state index in [9.17, 15) is 4.79 Å². The molecule has 3 aromatic heterocycles. The van der Waals surface area contributed by atoms with E-state index in [1.165, 1.54) is 10.9 Å². The SMILES string of the molecule is Cc1ccc(-c2noc(Cn3cnc4c(nnn4Cc4cccc(C)c4)c3=O)n2)cc1. The summed E-state index contributed by atoms with van der Waals surface area (Å²) in [5.74, 6) is 0.784. The molecule has 0 saturated heterocycles. The first-order chi connectivity index (χ1) is 15.1. The summed E-state index contributed by atoms with van der Waals surface area (Å²) in [6, 6.07) is 15.9. The lowest BCUT2D eigenvalue weighted by Gasteiger charge is -2.04. The first kappa shape index (κ1) is 18.9. The molecule has 9 heteroatoms. The molecule has 5 rings (SSSR count). The summed E-state index contributed by atoms with van der Waals surface area (Å²) in [5.41, 5.74) is 4.54. The van der Waals surface area contributed by atoms with Gasteiger partial charge in [0.1, 0.15) is 12.9 Å². The Kier molecular flexibility index (Phi) is 4.62. The zero-order valence-electron chi connectivity index (χ0n) is 17.1. The molecule has 0 aliphatic rings. The Morgan fingerprint density at radius 1 is 1.00 bits per heavy atom. The normalized spacial score (nSPS) is 11.3. The van der Waals surface area contributed by atoms with Crippen molar-refractivity contribution in [2.24, 2.45) is 0 Å². The Labute approximate surface area is 177 Å². The predicted octanol–water partition coefficient (Wildman–Crippen LogP) is 2.75. The van der Waals surface area contributed by atoms with Gasteiger partial charge in [-0.25, -0.2) is 9.67 Å². The van der Waals surface area contributed by atoms with E-state index in [1.807, 2.05) is 56.3 Å². The van der Waals surface area contributed by atoms with Crippen molar-refractivity contribution in [3.63, 3.8) is 0 Å². The largest absolute Gasteiger partial charge is 0.337 e. The van der Waals surface area contributed by atoms with Crippen molar-refractivity contribution in [1.82, 2.24) is 34.7 Å². The molecule has 0 atom stereocenters. The highest BCUT2D eigenvalue weighted by Crippen LogP contribution is 2.16. The molecule has 3 heterocycles. The number of aryl methyl sites for hydroxylation is 2. The zero-order chi connectivity index (χ0) is 21.4. The van der Waals surface area contributed by atoms with Crippen LogP contribution in [0.25, 0.3) is 22.6 Å². The van der Waals surface area contributed by atoms with Crippen LogP contribution in [0.2, 0.25) is 0 Å². The van der Waals surface area contributed by atoms with Gasteiger partial charge in [0.15, 0.2) is 11.2 Å². The van der Waals surface area contributed by atoms with Gasteiger partial charge in [-0.1, -0.05) is 70.0 Å². The third kappa shape index (κ3) is 3.73. The summed E-state index contributed by atoms with van der Waals surface area (Å²) < 4.78 is 8.34. The van der Waals surface area contributed by atoms with Gasteiger partial charge < -0.3 is 4.52 Å². The van der Waals surface area contributed by atoms with E-state index in [2.05, 4.69) is 31.5 Å². The van der Waals surface area contributed by atoms with E-state index in [4.69, 9.17) is 4.52 Å². The van der Waals surface area contributed by atoms with E-state index in [1.54, 1.807) is 4.68 Å². The number of hydrogen-bond donors (Lipinski definition) is 0. The molecule has 0 aliphatic carbocycles. The van der Waals surface area contributed by atoms with Crippen molar-refractivity contribution < 1.29 is 4.52 Å². The fraction of sp³-hybridized carbons (Fsp3) is 0.182. The summed E-state index contributed by atoms with van der Waals surface area (Å²) in [5, 5.41) is 12.2. The molecule has 0 aliphatic heterocycles. The Balaban J connectivity index is 1.41. The molecule has 0 unspecified atom stereocenters. The number of hydrogen-bond acceptors (Lipinski definition) is 7. The van der Waals surface area contributed by atoms with Gasteiger partial charge in [0.2, 0.25) is 11.7 Å². The second-order valence-electron chi connectivity index (χ2n) is 7.46. The first-order valence-electron chi connectivity index (χ1n) is 9.80. The lowest BCUT2D eigenvalue weighted by atomic mass is 10.1. The molecule has 2 aromatic carbocycles. The van der Waals surface area contributed by atoms with E-state index in [0.29, 0.717) is 23.9 Å². The van der Waals surface area contributed by atoms with E-state index in [-0.39, 0.29) is 17.6 Å². The molecule has 0 amide bonds. The average Bonchev–Trinajstić information content (AvgIpc) is 3.39. The van der Waals surface area contributed by atoms with Crippen molar-refractivity contribution in [3.8, 4) is 11.4 Å². The van der Waals surface area contributed by atoms with Crippen molar-refractivity contribution in [2.75, 3.05) is 0 Å². The van der Waals surface area contributed by atoms with Crippen LogP contribution in [0.15, 0.2) is 64.2 Å². The Morgan fingerprint density at radius 3 is 2.65 bits per heavy atom.